The van der Waals surface area contributed by atoms with Gasteiger partial charge in [-0.2, -0.15) is 0 Å². The molecule has 0 aromatic heterocycles. The van der Waals surface area contributed by atoms with E-state index in [1.54, 1.807) is 0 Å². The van der Waals surface area contributed by atoms with Crippen LogP contribution in [0.2, 0.25) is 0 Å². The zero-order chi connectivity index (χ0) is 17.8. The maximum atomic E-state index is 5.46. The van der Waals surface area contributed by atoms with Crippen LogP contribution in [0.1, 0.15) is 30.9 Å². The number of hydrogen-bond acceptors (Lipinski definition) is 2. The van der Waals surface area contributed by atoms with Gasteiger partial charge in [-0.05, 0) is 86.3 Å². The van der Waals surface area contributed by atoms with Crippen LogP contribution < -0.4 is 15.5 Å². The van der Waals surface area contributed by atoms with Crippen LogP contribution in [0.4, 0.5) is 17.1 Å². The average Bonchev–Trinajstić information content (AvgIpc) is 2.60. The molecule has 1 aliphatic rings. The summed E-state index contributed by atoms with van der Waals surface area (Å²) in [6, 6.07) is 14.8. The minimum absolute atomic E-state index is 0.619. The molecule has 0 spiro atoms. The molecule has 1 saturated heterocycles. The Morgan fingerprint density at radius 1 is 1.00 bits per heavy atom. The van der Waals surface area contributed by atoms with E-state index < -0.39 is 0 Å². The van der Waals surface area contributed by atoms with Crippen LogP contribution in [0.5, 0.6) is 0 Å². The summed E-state index contributed by atoms with van der Waals surface area (Å²) in [5, 5.41) is 7.19. The summed E-state index contributed by atoms with van der Waals surface area (Å²) in [6.07, 6.45) is 2.56. The summed E-state index contributed by atoms with van der Waals surface area (Å²) in [7, 11) is 0. The Hall–Kier alpha value is -2.07. The van der Waals surface area contributed by atoms with Gasteiger partial charge < -0.3 is 15.5 Å². The lowest BCUT2D eigenvalue weighted by Gasteiger charge is -2.32. The van der Waals surface area contributed by atoms with Crippen molar-refractivity contribution in [1.82, 2.24) is 0 Å². The lowest BCUT2D eigenvalue weighted by Crippen LogP contribution is -2.32. The summed E-state index contributed by atoms with van der Waals surface area (Å²) < 4.78 is 0. The molecule has 132 valence electrons. The van der Waals surface area contributed by atoms with Crippen molar-refractivity contribution in [2.75, 3.05) is 28.6 Å². The van der Waals surface area contributed by atoms with Gasteiger partial charge in [0.05, 0.1) is 0 Å². The molecule has 1 aliphatic heterocycles. The minimum atomic E-state index is 0.619. The zero-order valence-electron chi connectivity index (χ0n) is 15.3. The van der Waals surface area contributed by atoms with Crippen molar-refractivity contribution < 1.29 is 0 Å². The smallest absolute Gasteiger partial charge is 0.175 e. The van der Waals surface area contributed by atoms with E-state index in [4.69, 9.17) is 12.2 Å². The minimum Gasteiger partial charge on any atom is -0.372 e. The fourth-order valence-corrected chi connectivity index (χ4v) is 3.42. The Morgan fingerprint density at radius 2 is 1.68 bits per heavy atom. The Labute approximate surface area is 156 Å². The Bertz CT molecular complexity index is 731. The number of rotatable bonds is 3. The second kappa shape index (κ2) is 7.87. The van der Waals surface area contributed by atoms with E-state index in [9.17, 15) is 0 Å². The molecule has 0 unspecified atom stereocenters. The molecule has 1 fully saturated rings. The van der Waals surface area contributed by atoms with E-state index in [2.05, 4.69) is 72.7 Å². The van der Waals surface area contributed by atoms with Gasteiger partial charge in [0.15, 0.2) is 5.11 Å². The fraction of sp³-hybridized carbons (Fsp3) is 0.381. The first-order valence-corrected chi connectivity index (χ1v) is 9.43. The van der Waals surface area contributed by atoms with Crippen molar-refractivity contribution in [3.05, 3.63) is 53.6 Å². The molecule has 25 heavy (non-hydrogen) atoms. The average molecular weight is 354 g/mol. The van der Waals surface area contributed by atoms with E-state index >= 15 is 0 Å². The van der Waals surface area contributed by atoms with Gasteiger partial charge in [0.1, 0.15) is 0 Å². The van der Waals surface area contributed by atoms with Gasteiger partial charge in [-0.3, -0.25) is 0 Å². The third kappa shape index (κ3) is 4.51. The first kappa shape index (κ1) is 17.7. The summed E-state index contributed by atoms with van der Waals surface area (Å²) in [6.45, 7) is 8.86. The van der Waals surface area contributed by atoms with Crippen LogP contribution in [0, 0.1) is 19.8 Å². The van der Waals surface area contributed by atoms with E-state index in [0.717, 1.165) is 30.4 Å². The number of aryl methyl sites for hydroxylation is 1. The molecule has 0 amide bonds. The van der Waals surface area contributed by atoms with Crippen LogP contribution in [0.15, 0.2) is 42.5 Å². The summed E-state index contributed by atoms with van der Waals surface area (Å²) in [5.41, 5.74) is 5.84. The van der Waals surface area contributed by atoms with Crippen LogP contribution in [-0.2, 0) is 0 Å². The third-order valence-electron chi connectivity index (χ3n) is 5.13. The molecule has 1 heterocycles. The molecule has 3 nitrogen and oxygen atoms in total. The molecule has 2 N–H and O–H groups in total. The highest BCUT2D eigenvalue weighted by Crippen LogP contribution is 2.24. The predicted octanol–water partition coefficient (Wildman–Crippen LogP) is 5.35. The van der Waals surface area contributed by atoms with Gasteiger partial charge in [0.2, 0.25) is 0 Å². The standard InChI is InChI=1S/C21H27N3S/c1-15-11-13-24(14-12-15)19-9-7-18(8-10-19)22-21(25)23-20-6-4-5-16(2)17(20)3/h4-10,15H,11-14H2,1-3H3,(H2,22,23,25). The molecule has 0 bridgehead atoms. The van der Waals surface area contributed by atoms with E-state index in [1.807, 2.05) is 6.07 Å². The van der Waals surface area contributed by atoms with Crippen LogP contribution >= 0.6 is 12.2 Å². The first-order chi connectivity index (χ1) is 12.0. The zero-order valence-corrected chi connectivity index (χ0v) is 16.1. The molecule has 3 rings (SSSR count). The Morgan fingerprint density at radius 3 is 2.36 bits per heavy atom. The van der Waals surface area contributed by atoms with Gasteiger partial charge in [0, 0.05) is 30.2 Å². The summed E-state index contributed by atoms with van der Waals surface area (Å²) >= 11 is 5.46. The van der Waals surface area contributed by atoms with Crippen molar-refractivity contribution in [3.63, 3.8) is 0 Å². The SMILES string of the molecule is Cc1cccc(NC(=S)Nc2ccc(N3CCC(C)CC3)cc2)c1C. The molecular weight excluding hydrogens is 326 g/mol. The number of thiocarbonyl (C=S) groups is 1. The van der Waals surface area contributed by atoms with Crippen LogP contribution in [0.3, 0.4) is 0 Å². The van der Waals surface area contributed by atoms with Gasteiger partial charge in [-0.1, -0.05) is 19.1 Å². The van der Waals surface area contributed by atoms with E-state index in [-0.39, 0.29) is 0 Å². The topological polar surface area (TPSA) is 27.3 Å². The monoisotopic (exact) mass is 353 g/mol. The number of anilines is 3. The van der Waals surface area contributed by atoms with Crippen molar-refractivity contribution in [3.8, 4) is 0 Å². The highest BCUT2D eigenvalue weighted by molar-refractivity contribution is 7.80. The second-order valence-corrected chi connectivity index (χ2v) is 7.45. The van der Waals surface area contributed by atoms with Gasteiger partial charge >= 0.3 is 0 Å². The summed E-state index contributed by atoms with van der Waals surface area (Å²) in [5.74, 6) is 0.853. The maximum Gasteiger partial charge on any atom is 0.175 e. The normalized spacial score (nSPS) is 15.1. The van der Waals surface area contributed by atoms with Gasteiger partial charge in [-0.25, -0.2) is 0 Å². The van der Waals surface area contributed by atoms with Crippen molar-refractivity contribution in [2.24, 2.45) is 5.92 Å². The maximum absolute atomic E-state index is 5.46. The molecule has 2 aromatic rings. The molecule has 0 atom stereocenters. The predicted molar refractivity (Wildman–Crippen MR) is 113 cm³/mol. The van der Waals surface area contributed by atoms with Gasteiger partial charge in [-0.15, -0.1) is 0 Å². The van der Waals surface area contributed by atoms with Crippen molar-refractivity contribution in [1.29, 1.82) is 0 Å². The highest BCUT2D eigenvalue weighted by Gasteiger charge is 2.15. The number of hydrogen-bond donors (Lipinski definition) is 2. The number of nitrogens with one attached hydrogen (secondary N) is 2. The van der Waals surface area contributed by atoms with Crippen molar-refractivity contribution in [2.45, 2.75) is 33.6 Å². The Balaban J connectivity index is 1.59. The highest BCUT2D eigenvalue weighted by atomic mass is 32.1. The molecule has 2 aromatic carbocycles. The molecular formula is C21H27N3S. The van der Waals surface area contributed by atoms with E-state index in [1.165, 1.54) is 29.7 Å². The molecule has 0 radical (unpaired) electrons. The van der Waals surface area contributed by atoms with Crippen LogP contribution in [-0.4, -0.2) is 18.2 Å². The Kier molecular flexibility index (Phi) is 5.59. The van der Waals surface area contributed by atoms with Crippen molar-refractivity contribution >= 4 is 34.4 Å². The number of nitrogens with zero attached hydrogens (tertiary/aromatic N) is 1. The fourth-order valence-electron chi connectivity index (χ4n) is 3.19. The molecule has 4 heteroatoms. The second-order valence-electron chi connectivity index (χ2n) is 7.04. The van der Waals surface area contributed by atoms with E-state index in [0.29, 0.717) is 5.11 Å². The quantitative estimate of drug-likeness (QED) is 0.728. The third-order valence-corrected chi connectivity index (χ3v) is 5.33. The summed E-state index contributed by atoms with van der Waals surface area (Å²) in [4.78, 5) is 2.47. The lowest BCUT2D eigenvalue weighted by molar-refractivity contribution is 0.438. The molecule has 0 saturated carbocycles. The first-order valence-electron chi connectivity index (χ1n) is 9.02. The number of piperidine rings is 1. The largest absolute Gasteiger partial charge is 0.372 e. The lowest BCUT2D eigenvalue weighted by atomic mass is 9.99. The number of benzene rings is 2. The van der Waals surface area contributed by atoms with Crippen LogP contribution in [0.25, 0.3) is 0 Å². The van der Waals surface area contributed by atoms with Gasteiger partial charge in [0.25, 0.3) is 0 Å². The molecule has 0 aliphatic carbocycles.